The molecule has 0 radical (unpaired) electrons. The summed E-state index contributed by atoms with van der Waals surface area (Å²) in [4.78, 5) is 0. The van der Waals surface area contributed by atoms with E-state index in [4.69, 9.17) is 0 Å². The van der Waals surface area contributed by atoms with E-state index < -0.39 is 0 Å². The minimum Gasteiger partial charge on any atom is -0.0801 e. The lowest BCUT2D eigenvalue weighted by atomic mass is 9.89. The fourth-order valence-corrected chi connectivity index (χ4v) is 1.86. The SMILES string of the molecule is CC1(C)C=CC=C2C=CC=CCC2=C1. The number of hydrogen-bond acceptors (Lipinski definition) is 0. The van der Waals surface area contributed by atoms with Crippen molar-refractivity contribution < 1.29 is 0 Å². The largest absolute Gasteiger partial charge is 0.0801 e. The van der Waals surface area contributed by atoms with Crippen molar-refractivity contribution in [1.29, 1.82) is 0 Å². The summed E-state index contributed by atoms with van der Waals surface area (Å²) in [7, 11) is 0. The molecule has 0 N–H and O–H groups in total. The maximum Gasteiger partial charge on any atom is 0.00137 e. The van der Waals surface area contributed by atoms with Crippen molar-refractivity contribution in [3.63, 3.8) is 0 Å². The van der Waals surface area contributed by atoms with Gasteiger partial charge in [-0.25, -0.2) is 0 Å². The molecule has 2 rings (SSSR count). The predicted octanol–water partition coefficient (Wildman–Crippen LogP) is 3.95. The van der Waals surface area contributed by atoms with Crippen molar-refractivity contribution in [2.45, 2.75) is 20.3 Å². The van der Waals surface area contributed by atoms with Crippen molar-refractivity contribution in [2.75, 3.05) is 0 Å². The third-order valence-corrected chi connectivity index (χ3v) is 2.58. The smallest absolute Gasteiger partial charge is 0.00137 e. The second-order valence-electron chi connectivity index (χ2n) is 4.46. The van der Waals surface area contributed by atoms with Gasteiger partial charge < -0.3 is 0 Å². The highest BCUT2D eigenvalue weighted by molar-refractivity contribution is 5.48. The van der Waals surface area contributed by atoms with Crippen LogP contribution in [0.15, 0.2) is 59.8 Å². The molecule has 0 atom stereocenters. The summed E-state index contributed by atoms with van der Waals surface area (Å²) in [6.45, 7) is 4.48. The predicted molar refractivity (Wildman–Crippen MR) is 62.0 cm³/mol. The highest BCUT2D eigenvalue weighted by atomic mass is 14.2. The van der Waals surface area contributed by atoms with Crippen LogP contribution in [0, 0.1) is 5.41 Å². The van der Waals surface area contributed by atoms with Crippen LogP contribution in [0.2, 0.25) is 0 Å². The van der Waals surface area contributed by atoms with E-state index in [1.807, 2.05) is 0 Å². The molecule has 0 heterocycles. The summed E-state index contributed by atoms with van der Waals surface area (Å²) < 4.78 is 0. The van der Waals surface area contributed by atoms with E-state index in [0.717, 1.165) is 6.42 Å². The van der Waals surface area contributed by atoms with Gasteiger partial charge in [0.2, 0.25) is 0 Å². The Morgan fingerprint density at radius 3 is 2.86 bits per heavy atom. The summed E-state index contributed by atoms with van der Waals surface area (Å²) in [5.41, 5.74) is 2.96. The summed E-state index contributed by atoms with van der Waals surface area (Å²) >= 11 is 0. The molecular formula is C14H16. The second kappa shape index (κ2) is 3.45. The molecule has 0 nitrogen and oxygen atoms in total. The molecule has 14 heavy (non-hydrogen) atoms. The second-order valence-corrected chi connectivity index (χ2v) is 4.46. The topological polar surface area (TPSA) is 0 Å². The summed E-state index contributed by atoms with van der Waals surface area (Å²) in [5, 5.41) is 0. The van der Waals surface area contributed by atoms with Crippen LogP contribution in [0.1, 0.15) is 20.3 Å². The molecule has 0 aromatic rings. The molecular weight excluding hydrogens is 168 g/mol. The Hall–Kier alpha value is -1.30. The molecule has 72 valence electrons. The number of hydrogen-bond donors (Lipinski definition) is 0. The van der Waals surface area contributed by atoms with Gasteiger partial charge in [-0.15, -0.1) is 0 Å². The molecule has 0 aromatic heterocycles. The van der Waals surface area contributed by atoms with E-state index in [1.54, 1.807) is 0 Å². The molecule has 0 aromatic carbocycles. The van der Waals surface area contributed by atoms with Gasteiger partial charge in [0.15, 0.2) is 0 Å². The maximum atomic E-state index is 2.36. The fourth-order valence-electron chi connectivity index (χ4n) is 1.86. The van der Waals surface area contributed by atoms with E-state index in [9.17, 15) is 0 Å². The number of allylic oxidation sites excluding steroid dienone is 10. The summed E-state index contributed by atoms with van der Waals surface area (Å²) in [5.74, 6) is 0. The average Bonchev–Trinajstić information content (AvgIpc) is 2.36. The number of rotatable bonds is 0. The first-order valence-corrected chi connectivity index (χ1v) is 5.12. The zero-order valence-corrected chi connectivity index (χ0v) is 8.83. The van der Waals surface area contributed by atoms with Crippen LogP contribution in [-0.2, 0) is 0 Å². The Bertz CT molecular complexity index is 371. The van der Waals surface area contributed by atoms with Crippen LogP contribution in [0.3, 0.4) is 0 Å². The first-order chi connectivity index (χ1) is 6.67. The number of fused-ring (bicyclic) bond motifs is 1. The van der Waals surface area contributed by atoms with Crippen LogP contribution in [0.5, 0.6) is 0 Å². The molecule has 0 saturated carbocycles. The normalized spacial score (nSPS) is 23.3. The average molecular weight is 184 g/mol. The fraction of sp³-hybridized carbons (Fsp3) is 0.286. The molecule has 2 aliphatic carbocycles. The zero-order chi connectivity index (χ0) is 10.0. The highest BCUT2D eigenvalue weighted by Crippen LogP contribution is 2.30. The first-order valence-electron chi connectivity index (χ1n) is 5.12. The van der Waals surface area contributed by atoms with Crippen molar-refractivity contribution in [3.8, 4) is 0 Å². The van der Waals surface area contributed by atoms with Gasteiger partial charge in [0.1, 0.15) is 0 Å². The van der Waals surface area contributed by atoms with Crippen molar-refractivity contribution >= 4 is 0 Å². The van der Waals surface area contributed by atoms with Crippen LogP contribution < -0.4 is 0 Å². The molecule has 0 amide bonds. The minimum absolute atomic E-state index is 0.180. The van der Waals surface area contributed by atoms with Crippen LogP contribution >= 0.6 is 0 Å². The molecule has 0 saturated heterocycles. The summed E-state index contributed by atoms with van der Waals surface area (Å²) in [6, 6.07) is 0. The van der Waals surface area contributed by atoms with Gasteiger partial charge in [-0.05, 0) is 17.6 Å². The molecule has 0 aliphatic heterocycles. The van der Waals surface area contributed by atoms with Gasteiger partial charge in [0, 0.05) is 5.41 Å². The van der Waals surface area contributed by atoms with Crippen molar-refractivity contribution in [2.24, 2.45) is 5.41 Å². The van der Waals surface area contributed by atoms with Crippen molar-refractivity contribution in [1.82, 2.24) is 0 Å². The Balaban J connectivity index is 2.45. The minimum atomic E-state index is 0.180. The Labute approximate surface area is 86.0 Å². The molecule has 0 fully saturated rings. The Morgan fingerprint density at radius 2 is 2.00 bits per heavy atom. The maximum absolute atomic E-state index is 2.36. The molecule has 0 heteroatoms. The Morgan fingerprint density at radius 1 is 1.14 bits per heavy atom. The quantitative estimate of drug-likeness (QED) is 0.534. The third-order valence-electron chi connectivity index (χ3n) is 2.58. The van der Waals surface area contributed by atoms with Crippen LogP contribution in [-0.4, -0.2) is 0 Å². The third kappa shape index (κ3) is 1.95. The van der Waals surface area contributed by atoms with E-state index in [2.05, 4.69) is 62.5 Å². The van der Waals surface area contributed by atoms with Gasteiger partial charge in [0.25, 0.3) is 0 Å². The van der Waals surface area contributed by atoms with Gasteiger partial charge in [-0.3, -0.25) is 0 Å². The molecule has 2 aliphatic rings. The van der Waals surface area contributed by atoms with E-state index in [0.29, 0.717) is 0 Å². The van der Waals surface area contributed by atoms with E-state index >= 15 is 0 Å². The monoisotopic (exact) mass is 184 g/mol. The van der Waals surface area contributed by atoms with Crippen LogP contribution in [0.25, 0.3) is 0 Å². The summed E-state index contributed by atoms with van der Waals surface area (Å²) in [6.07, 6.45) is 18.6. The van der Waals surface area contributed by atoms with E-state index in [1.165, 1.54) is 11.1 Å². The lowest BCUT2D eigenvalue weighted by Gasteiger charge is -2.15. The van der Waals surface area contributed by atoms with Crippen LogP contribution in [0.4, 0.5) is 0 Å². The van der Waals surface area contributed by atoms with Crippen molar-refractivity contribution in [3.05, 3.63) is 59.8 Å². The van der Waals surface area contributed by atoms with Gasteiger partial charge >= 0.3 is 0 Å². The molecule has 0 bridgehead atoms. The van der Waals surface area contributed by atoms with E-state index in [-0.39, 0.29) is 5.41 Å². The molecule has 0 unspecified atom stereocenters. The first kappa shape index (κ1) is 9.26. The van der Waals surface area contributed by atoms with Gasteiger partial charge in [-0.2, -0.15) is 0 Å². The Kier molecular flexibility index (Phi) is 2.28. The zero-order valence-electron chi connectivity index (χ0n) is 8.83. The molecule has 0 spiro atoms. The lowest BCUT2D eigenvalue weighted by Crippen LogP contribution is -2.03. The standard InChI is InChI=1S/C14H16/c1-14(2)10-6-9-12-7-4-3-5-8-13(12)11-14/h3-7,9-11H,8H2,1-2H3. The van der Waals surface area contributed by atoms with Gasteiger partial charge in [-0.1, -0.05) is 62.5 Å². The van der Waals surface area contributed by atoms with Gasteiger partial charge in [0.05, 0.1) is 0 Å². The highest BCUT2D eigenvalue weighted by Gasteiger charge is 2.15. The lowest BCUT2D eigenvalue weighted by molar-refractivity contribution is 0.622.